The molecular weight excluding hydrogens is 280 g/mol. The molecule has 0 fully saturated rings. The number of carbonyl (C=O) groups excluding carboxylic acids is 1. The number of esters is 1. The van der Waals surface area contributed by atoms with E-state index in [-0.39, 0.29) is 0 Å². The van der Waals surface area contributed by atoms with E-state index in [9.17, 15) is 9.59 Å². The van der Waals surface area contributed by atoms with E-state index in [1.54, 1.807) is 0 Å². The second-order valence-corrected chi connectivity index (χ2v) is 4.95. The van der Waals surface area contributed by atoms with E-state index in [0.29, 0.717) is 6.42 Å². The highest BCUT2D eigenvalue weighted by Crippen LogP contribution is 2.05. The van der Waals surface area contributed by atoms with Crippen LogP contribution in [-0.4, -0.2) is 23.7 Å². The van der Waals surface area contributed by atoms with E-state index in [0.717, 1.165) is 44.9 Å². The van der Waals surface area contributed by atoms with Gasteiger partial charge in [0.15, 0.2) is 6.61 Å². The first-order valence-electron chi connectivity index (χ1n) is 7.99. The van der Waals surface area contributed by atoms with Gasteiger partial charge in [-0.05, 0) is 38.5 Å². The van der Waals surface area contributed by atoms with E-state index in [1.807, 2.05) is 0 Å². The van der Waals surface area contributed by atoms with E-state index in [1.165, 1.54) is 0 Å². The van der Waals surface area contributed by atoms with Crippen molar-refractivity contribution in [1.29, 1.82) is 0 Å². The molecule has 0 saturated heterocycles. The van der Waals surface area contributed by atoms with E-state index in [2.05, 4.69) is 48.1 Å². The number of carboxylic acids is 1. The molecule has 0 spiro atoms. The lowest BCUT2D eigenvalue weighted by molar-refractivity contribution is -0.155. The van der Waals surface area contributed by atoms with E-state index >= 15 is 0 Å². The van der Waals surface area contributed by atoms with Crippen molar-refractivity contribution in [2.75, 3.05) is 6.61 Å². The zero-order valence-electron chi connectivity index (χ0n) is 13.5. The van der Waals surface area contributed by atoms with Crippen molar-refractivity contribution in [2.45, 2.75) is 58.3 Å². The first-order valence-corrected chi connectivity index (χ1v) is 7.99. The normalized spacial score (nSPS) is 11.7. The zero-order chi connectivity index (χ0) is 16.5. The minimum absolute atomic E-state index is 0.297. The molecule has 0 aromatic rings. The molecular formula is C18H28O4. The Bertz CT molecular complexity index is 381. The van der Waals surface area contributed by atoms with Gasteiger partial charge in [0, 0.05) is 6.42 Å². The number of hydrogen-bond acceptors (Lipinski definition) is 3. The highest BCUT2D eigenvalue weighted by Gasteiger charge is 2.04. The lowest BCUT2D eigenvalue weighted by Crippen LogP contribution is -2.12. The summed E-state index contributed by atoms with van der Waals surface area (Å²) in [5, 5.41) is 8.35. The Kier molecular flexibility index (Phi) is 14.2. The second kappa shape index (κ2) is 15.5. The molecule has 0 saturated carbocycles. The third kappa shape index (κ3) is 16.2. The summed E-state index contributed by atoms with van der Waals surface area (Å²) < 4.78 is 4.55. The summed E-state index contributed by atoms with van der Waals surface area (Å²) in [5.74, 6) is -1.55. The standard InChI is InChI=1S/C18H28O4/c1-2-3-4-5-6-7-8-9-10-11-12-13-14-15-18(21)22-16-17(19)20/h3-4,6-7,9-10H,2,5,8,11-16H2,1H3,(H,19,20)/b4-3-,7-6-,10-9-. The topological polar surface area (TPSA) is 63.6 Å². The summed E-state index contributed by atoms with van der Waals surface area (Å²) in [7, 11) is 0. The third-order valence-corrected chi connectivity index (χ3v) is 2.89. The Morgan fingerprint density at radius 1 is 0.909 bits per heavy atom. The van der Waals surface area contributed by atoms with Gasteiger partial charge in [0.25, 0.3) is 0 Å². The van der Waals surface area contributed by atoms with Gasteiger partial charge in [-0.2, -0.15) is 0 Å². The van der Waals surface area contributed by atoms with Crippen molar-refractivity contribution < 1.29 is 19.4 Å². The van der Waals surface area contributed by atoms with Crippen molar-refractivity contribution in [1.82, 2.24) is 0 Å². The van der Waals surface area contributed by atoms with E-state index in [4.69, 9.17) is 5.11 Å². The molecule has 0 atom stereocenters. The maximum absolute atomic E-state index is 11.1. The molecule has 0 heterocycles. The van der Waals surface area contributed by atoms with Gasteiger partial charge in [0.1, 0.15) is 0 Å². The molecule has 0 radical (unpaired) electrons. The monoisotopic (exact) mass is 308 g/mol. The van der Waals surface area contributed by atoms with Crippen LogP contribution in [0.15, 0.2) is 36.5 Å². The van der Waals surface area contributed by atoms with Crippen molar-refractivity contribution in [3.05, 3.63) is 36.5 Å². The minimum atomic E-state index is -1.12. The SMILES string of the molecule is CC/C=C\C/C=C\C/C=C\CCCCCC(=O)OCC(=O)O. The molecule has 0 aliphatic heterocycles. The van der Waals surface area contributed by atoms with Crippen LogP contribution in [0.2, 0.25) is 0 Å². The molecule has 0 aromatic carbocycles. The Balaban J connectivity index is 3.38. The molecule has 1 N–H and O–H groups in total. The van der Waals surface area contributed by atoms with Gasteiger partial charge in [0.2, 0.25) is 0 Å². The molecule has 4 heteroatoms. The number of aliphatic carboxylic acids is 1. The number of unbranched alkanes of at least 4 members (excludes halogenated alkanes) is 3. The van der Waals surface area contributed by atoms with Gasteiger partial charge in [-0.25, -0.2) is 4.79 Å². The lowest BCUT2D eigenvalue weighted by atomic mass is 10.1. The van der Waals surface area contributed by atoms with Gasteiger partial charge in [-0.3, -0.25) is 4.79 Å². The molecule has 0 aliphatic rings. The van der Waals surface area contributed by atoms with Crippen LogP contribution < -0.4 is 0 Å². The van der Waals surface area contributed by atoms with Crippen molar-refractivity contribution in [3.8, 4) is 0 Å². The smallest absolute Gasteiger partial charge is 0.341 e. The minimum Gasteiger partial charge on any atom is -0.479 e. The van der Waals surface area contributed by atoms with Crippen LogP contribution in [0.5, 0.6) is 0 Å². The fourth-order valence-electron chi connectivity index (χ4n) is 1.75. The Morgan fingerprint density at radius 2 is 1.55 bits per heavy atom. The average molecular weight is 308 g/mol. The van der Waals surface area contributed by atoms with Gasteiger partial charge in [-0.15, -0.1) is 0 Å². The molecule has 0 bridgehead atoms. The van der Waals surface area contributed by atoms with Crippen LogP contribution in [-0.2, 0) is 14.3 Å². The van der Waals surface area contributed by atoms with Gasteiger partial charge >= 0.3 is 11.9 Å². The molecule has 0 aromatic heterocycles. The summed E-state index contributed by atoms with van der Waals surface area (Å²) in [5.41, 5.74) is 0. The highest BCUT2D eigenvalue weighted by atomic mass is 16.5. The average Bonchev–Trinajstić information content (AvgIpc) is 2.49. The summed E-state index contributed by atoms with van der Waals surface area (Å²) in [6, 6.07) is 0. The Labute approximate surface area is 133 Å². The number of ether oxygens (including phenoxy) is 1. The zero-order valence-corrected chi connectivity index (χ0v) is 13.5. The first-order chi connectivity index (χ1) is 10.7. The molecule has 124 valence electrons. The molecule has 0 unspecified atom stereocenters. The molecule has 0 aliphatic carbocycles. The van der Waals surface area contributed by atoms with Gasteiger partial charge in [0.05, 0.1) is 0 Å². The third-order valence-electron chi connectivity index (χ3n) is 2.89. The fraction of sp³-hybridized carbons (Fsp3) is 0.556. The van der Waals surface area contributed by atoms with Crippen LogP contribution in [0, 0.1) is 0 Å². The van der Waals surface area contributed by atoms with Crippen molar-refractivity contribution in [3.63, 3.8) is 0 Å². The van der Waals surface area contributed by atoms with Crippen molar-refractivity contribution in [2.24, 2.45) is 0 Å². The predicted molar refractivity (Wildman–Crippen MR) is 88.6 cm³/mol. The van der Waals surface area contributed by atoms with Crippen LogP contribution in [0.1, 0.15) is 58.3 Å². The van der Waals surface area contributed by atoms with Gasteiger partial charge in [-0.1, -0.05) is 49.8 Å². The lowest BCUT2D eigenvalue weighted by Gasteiger charge is -2.01. The first kappa shape index (κ1) is 20.2. The predicted octanol–water partition coefficient (Wildman–Crippen LogP) is 4.42. The summed E-state index contributed by atoms with van der Waals surface area (Å²) in [4.78, 5) is 21.3. The van der Waals surface area contributed by atoms with Crippen LogP contribution in [0.4, 0.5) is 0 Å². The number of carboxylic acid groups (broad SMARTS) is 1. The van der Waals surface area contributed by atoms with Gasteiger partial charge < -0.3 is 9.84 Å². The number of hydrogen-bond donors (Lipinski definition) is 1. The maximum atomic E-state index is 11.1. The van der Waals surface area contributed by atoms with Crippen LogP contribution in [0.3, 0.4) is 0 Å². The molecule has 22 heavy (non-hydrogen) atoms. The number of allylic oxidation sites excluding steroid dienone is 6. The largest absolute Gasteiger partial charge is 0.479 e. The quantitative estimate of drug-likeness (QED) is 0.311. The number of rotatable bonds is 13. The molecule has 4 nitrogen and oxygen atoms in total. The highest BCUT2D eigenvalue weighted by molar-refractivity contribution is 5.75. The Morgan fingerprint density at radius 3 is 2.18 bits per heavy atom. The summed E-state index contributed by atoms with van der Waals surface area (Å²) in [6.07, 6.45) is 20.1. The maximum Gasteiger partial charge on any atom is 0.341 e. The Hall–Kier alpha value is -1.84. The van der Waals surface area contributed by atoms with Crippen LogP contribution >= 0.6 is 0 Å². The van der Waals surface area contributed by atoms with E-state index < -0.39 is 18.5 Å². The molecule has 0 rings (SSSR count). The summed E-state index contributed by atoms with van der Waals surface area (Å²) >= 11 is 0. The van der Waals surface area contributed by atoms with Crippen molar-refractivity contribution >= 4 is 11.9 Å². The second-order valence-electron chi connectivity index (χ2n) is 4.95. The number of carbonyl (C=O) groups is 2. The summed E-state index contributed by atoms with van der Waals surface area (Å²) in [6.45, 7) is 1.59. The fourth-order valence-corrected chi connectivity index (χ4v) is 1.75. The van der Waals surface area contributed by atoms with Crippen LogP contribution in [0.25, 0.3) is 0 Å². The molecule has 0 amide bonds.